The molecule has 96 valence electrons. The van der Waals surface area contributed by atoms with E-state index in [1.807, 2.05) is 0 Å². The van der Waals surface area contributed by atoms with Crippen molar-refractivity contribution in [2.24, 2.45) is 0 Å². The monoisotopic (exact) mass is 260 g/mol. The van der Waals surface area contributed by atoms with Crippen molar-refractivity contribution < 1.29 is 27.9 Å². The second kappa shape index (κ2) is 3.97. The average molecular weight is 260 g/mol. The van der Waals surface area contributed by atoms with Gasteiger partial charge in [0, 0.05) is 12.6 Å². The number of amides is 1. The van der Waals surface area contributed by atoms with Gasteiger partial charge in [-0.1, -0.05) is 0 Å². The van der Waals surface area contributed by atoms with Gasteiger partial charge < -0.3 is 5.11 Å². The van der Waals surface area contributed by atoms with Crippen LogP contribution in [0.1, 0.15) is 5.56 Å². The highest BCUT2D eigenvalue weighted by atomic mass is 19.4. The zero-order valence-electron chi connectivity index (χ0n) is 8.81. The Hall–Kier alpha value is -2.12. The Morgan fingerprint density at radius 1 is 1.44 bits per heavy atom. The molecule has 0 radical (unpaired) electrons. The molecule has 0 aliphatic carbocycles. The van der Waals surface area contributed by atoms with Crippen molar-refractivity contribution in [3.63, 3.8) is 0 Å². The van der Waals surface area contributed by atoms with Gasteiger partial charge >= 0.3 is 18.1 Å². The molecule has 1 aromatic heterocycles. The van der Waals surface area contributed by atoms with Crippen molar-refractivity contribution in [2.75, 3.05) is 4.90 Å². The number of pyridine rings is 1. The number of carboxylic acid groups (broad SMARTS) is 1. The maximum Gasteiger partial charge on any atom is 0.471 e. The molecule has 0 spiro atoms. The fraction of sp³-hybridized carbons (Fsp3) is 0.300. The fourth-order valence-electron chi connectivity index (χ4n) is 1.86. The van der Waals surface area contributed by atoms with E-state index in [2.05, 4.69) is 4.98 Å². The normalized spacial score (nSPS) is 18.6. The van der Waals surface area contributed by atoms with E-state index in [9.17, 15) is 22.8 Å². The van der Waals surface area contributed by atoms with Crippen LogP contribution in [0, 0.1) is 0 Å². The van der Waals surface area contributed by atoms with Crippen LogP contribution in [-0.4, -0.2) is 34.2 Å². The van der Waals surface area contributed by atoms with Gasteiger partial charge in [-0.25, -0.2) is 4.79 Å². The predicted octanol–water partition coefficient (Wildman–Crippen LogP) is 0.986. The lowest BCUT2D eigenvalue weighted by molar-refractivity contribution is -0.171. The van der Waals surface area contributed by atoms with Crippen LogP contribution in [0.3, 0.4) is 0 Å². The molecule has 1 unspecified atom stereocenters. The van der Waals surface area contributed by atoms with E-state index < -0.39 is 24.1 Å². The maximum absolute atomic E-state index is 12.4. The van der Waals surface area contributed by atoms with Crippen molar-refractivity contribution in [1.29, 1.82) is 0 Å². The van der Waals surface area contributed by atoms with Crippen LogP contribution in [0.25, 0.3) is 0 Å². The van der Waals surface area contributed by atoms with E-state index in [1.54, 1.807) is 0 Å². The summed E-state index contributed by atoms with van der Waals surface area (Å²) < 4.78 is 37.3. The van der Waals surface area contributed by atoms with Crippen molar-refractivity contribution >= 4 is 17.6 Å². The van der Waals surface area contributed by atoms with Crippen LogP contribution in [0.4, 0.5) is 18.9 Å². The van der Waals surface area contributed by atoms with Crippen LogP contribution in [0.15, 0.2) is 18.5 Å². The smallest absolute Gasteiger partial charge is 0.471 e. The van der Waals surface area contributed by atoms with Gasteiger partial charge in [0.05, 0.1) is 11.9 Å². The van der Waals surface area contributed by atoms with E-state index in [4.69, 9.17) is 5.11 Å². The zero-order chi connectivity index (χ0) is 13.5. The quantitative estimate of drug-likeness (QED) is 0.817. The zero-order valence-corrected chi connectivity index (χ0v) is 8.81. The number of aromatic nitrogens is 1. The van der Waals surface area contributed by atoms with Gasteiger partial charge in [-0.2, -0.15) is 13.2 Å². The highest BCUT2D eigenvalue weighted by molar-refractivity contribution is 6.04. The van der Waals surface area contributed by atoms with Crippen LogP contribution in [-0.2, 0) is 16.0 Å². The first-order valence-electron chi connectivity index (χ1n) is 4.88. The Morgan fingerprint density at radius 2 is 2.11 bits per heavy atom. The van der Waals surface area contributed by atoms with Crippen LogP contribution >= 0.6 is 0 Å². The maximum atomic E-state index is 12.4. The highest BCUT2D eigenvalue weighted by Gasteiger charge is 2.50. The third-order valence-corrected chi connectivity index (χ3v) is 2.62. The molecule has 0 bridgehead atoms. The molecule has 8 heteroatoms. The van der Waals surface area contributed by atoms with Gasteiger partial charge in [0.15, 0.2) is 0 Å². The molecule has 0 aromatic carbocycles. The third kappa shape index (κ3) is 1.89. The van der Waals surface area contributed by atoms with Crippen LogP contribution < -0.4 is 4.90 Å². The number of carbonyl (C=O) groups is 2. The highest BCUT2D eigenvalue weighted by Crippen LogP contribution is 2.34. The molecule has 1 aliphatic rings. The van der Waals surface area contributed by atoms with Crippen molar-refractivity contribution in [3.8, 4) is 0 Å². The number of aliphatic carboxylic acids is 1. The predicted molar refractivity (Wildman–Crippen MR) is 52.9 cm³/mol. The van der Waals surface area contributed by atoms with Gasteiger partial charge in [-0.05, 0) is 11.6 Å². The topological polar surface area (TPSA) is 70.5 Å². The summed E-state index contributed by atoms with van der Waals surface area (Å²) in [5.41, 5.74) is 0.252. The number of hydrogen-bond acceptors (Lipinski definition) is 3. The summed E-state index contributed by atoms with van der Waals surface area (Å²) in [7, 11) is 0. The van der Waals surface area contributed by atoms with E-state index in [0.717, 1.165) is 6.20 Å². The van der Waals surface area contributed by atoms with Gasteiger partial charge in [0.1, 0.15) is 6.04 Å². The minimum atomic E-state index is -5.12. The lowest BCUT2D eigenvalue weighted by Gasteiger charge is -2.23. The molecular weight excluding hydrogens is 253 g/mol. The molecule has 0 saturated carbocycles. The van der Waals surface area contributed by atoms with E-state index in [-0.39, 0.29) is 17.0 Å². The molecule has 1 aliphatic heterocycles. The van der Waals surface area contributed by atoms with Gasteiger partial charge in [0.25, 0.3) is 0 Å². The van der Waals surface area contributed by atoms with E-state index >= 15 is 0 Å². The summed E-state index contributed by atoms with van der Waals surface area (Å²) in [4.78, 5) is 26.0. The Labute approximate surface area is 98.8 Å². The second-order valence-electron chi connectivity index (χ2n) is 3.74. The Morgan fingerprint density at radius 3 is 2.67 bits per heavy atom. The van der Waals surface area contributed by atoms with Gasteiger partial charge in [0.2, 0.25) is 0 Å². The Kier molecular flexibility index (Phi) is 2.72. The number of rotatable bonds is 1. The van der Waals surface area contributed by atoms with Gasteiger partial charge in [-0.3, -0.25) is 14.7 Å². The summed E-state index contributed by atoms with van der Waals surface area (Å²) in [5, 5.41) is 8.89. The summed E-state index contributed by atoms with van der Waals surface area (Å²) >= 11 is 0. The molecule has 2 rings (SSSR count). The summed E-state index contributed by atoms with van der Waals surface area (Å²) in [6.07, 6.45) is -2.89. The lowest BCUT2D eigenvalue weighted by Crippen LogP contribution is -2.48. The number of anilines is 1. The molecule has 2 heterocycles. The first-order chi connectivity index (χ1) is 8.32. The number of hydrogen-bond donors (Lipinski definition) is 1. The number of alkyl halides is 3. The largest absolute Gasteiger partial charge is 0.480 e. The third-order valence-electron chi connectivity index (χ3n) is 2.62. The molecule has 1 atom stereocenters. The molecule has 1 amide bonds. The van der Waals surface area contributed by atoms with E-state index in [0.29, 0.717) is 5.56 Å². The van der Waals surface area contributed by atoms with E-state index in [1.165, 1.54) is 12.3 Å². The van der Waals surface area contributed by atoms with Crippen LogP contribution in [0.5, 0.6) is 0 Å². The molecule has 18 heavy (non-hydrogen) atoms. The molecular formula is C10H7F3N2O3. The molecule has 5 nitrogen and oxygen atoms in total. The summed E-state index contributed by atoms with van der Waals surface area (Å²) in [6, 6.07) is -0.145. The van der Waals surface area contributed by atoms with Crippen molar-refractivity contribution in [3.05, 3.63) is 24.0 Å². The summed E-state index contributed by atoms with van der Waals surface area (Å²) in [6.45, 7) is 0. The number of carboxylic acids is 1. The first kappa shape index (κ1) is 12.3. The molecule has 0 fully saturated rings. The van der Waals surface area contributed by atoms with Crippen LogP contribution in [0.2, 0.25) is 0 Å². The number of nitrogens with zero attached hydrogens (tertiary/aromatic N) is 2. The van der Waals surface area contributed by atoms with Gasteiger partial charge in [-0.15, -0.1) is 0 Å². The Balaban J connectivity index is 2.47. The number of halogens is 3. The lowest BCUT2D eigenvalue weighted by atomic mass is 10.1. The molecule has 1 aromatic rings. The van der Waals surface area contributed by atoms with Crippen molar-refractivity contribution in [2.45, 2.75) is 18.6 Å². The minimum Gasteiger partial charge on any atom is -0.480 e. The standard InChI is InChI=1S/C10H7F3N2O3/c11-10(12,13)9(18)15-6(8(16)17)3-5-1-2-14-4-7(5)15/h1-2,4,6H,3H2,(H,16,17). The van der Waals surface area contributed by atoms with Crippen molar-refractivity contribution in [1.82, 2.24) is 4.98 Å². The number of carbonyl (C=O) groups excluding carboxylic acids is 1. The summed E-state index contributed by atoms with van der Waals surface area (Å²) in [5.74, 6) is -3.68. The second-order valence-corrected chi connectivity index (χ2v) is 3.74. The Bertz CT molecular complexity index is 515. The molecule has 1 N–H and O–H groups in total. The fourth-order valence-corrected chi connectivity index (χ4v) is 1.86. The SMILES string of the molecule is O=C(O)C1Cc2ccncc2N1C(=O)C(F)(F)F. The molecule has 0 saturated heterocycles. The number of fused-ring (bicyclic) bond motifs is 1. The first-order valence-corrected chi connectivity index (χ1v) is 4.88. The average Bonchev–Trinajstić information content (AvgIpc) is 2.65. The minimum absolute atomic E-state index is 0.104.